The molecule has 2 aromatic rings. The number of rotatable bonds is 2. The lowest BCUT2D eigenvalue weighted by Gasteiger charge is -2.10. The minimum Gasteiger partial charge on any atom is -0.437 e. The number of hydrogen-bond acceptors (Lipinski definition) is 3. The van der Waals surface area contributed by atoms with Gasteiger partial charge in [-0.1, -0.05) is 27.5 Å². The predicted molar refractivity (Wildman–Crippen MR) is 70.7 cm³/mol. The van der Waals surface area contributed by atoms with Crippen LogP contribution in [0.25, 0.3) is 0 Å². The molecule has 0 N–H and O–H groups in total. The topological polar surface area (TPSA) is 35.0 Å². The van der Waals surface area contributed by atoms with E-state index in [4.69, 9.17) is 16.3 Å². The first kappa shape index (κ1) is 12.3. The van der Waals surface area contributed by atoms with Crippen molar-refractivity contribution >= 4 is 27.5 Å². The van der Waals surface area contributed by atoms with Crippen LogP contribution in [0.1, 0.15) is 11.1 Å². The minimum absolute atomic E-state index is 0.349. The summed E-state index contributed by atoms with van der Waals surface area (Å²) in [5.74, 6) is 1.23. The highest BCUT2D eigenvalue weighted by Crippen LogP contribution is 2.30. The number of ether oxygens (including phenoxy) is 1. The zero-order chi connectivity index (χ0) is 12.4. The summed E-state index contributed by atoms with van der Waals surface area (Å²) in [5.41, 5.74) is 2.07. The van der Waals surface area contributed by atoms with Crippen molar-refractivity contribution in [1.29, 1.82) is 0 Å². The summed E-state index contributed by atoms with van der Waals surface area (Å²) in [6.07, 6.45) is 0. The van der Waals surface area contributed by atoms with E-state index in [2.05, 4.69) is 26.1 Å². The van der Waals surface area contributed by atoms with Crippen LogP contribution < -0.4 is 4.74 Å². The van der Waals surface area contributed by atoms with Crippen LogP contribution in [0.5, 0.6) is 11.6 Å². The Kier molecular flexibility index (Phi) is 3.64. The van der Waals surface area contributed by atoms with Gasteiger partial charge in [0, 0.05) is 10.5 Å². The standard InChI is InChI=1S/C12H10BrClN2O/c1-7-5-9(13)6-8(2)12(7)17-11-4-3-10(14)15-16-11/h3-6H,1-2H3. The summed E-state index contributed by atoms with van der Waals surface area (Å²) >= 11 is 9.10. The van der Waals surface area contributed by atoms with Gasteiger partial charge < -0.3 is 4.74 Å². The van der Waals surface area contributed by atoms with Gasteiger partial charge in [0.1, 0.15) is 5.75 Å². The van der Waals surface area contributed by atoms with Crippen LogP contribution in [-0.4, -0.2) is 10.2 Å². The fourth-order valence-electron chi connectivity index (χ4n) is 1.52. The van der Waals surface area contributed by atoms with Gasteiger partial charge in [0.25, 0.3) is 0 Å². The number of nitrogens with zero attached hydrogens (tertiary/aromatic N) is 2. The Morgan fingerprint density at radius 1 is 1.12 bits per heavy atom. The lowest BCUT2D eigenvalue weighted by Crippen LogP contribution is -1.94. The second-order valence-corrected chi connectivity index (χ2v) is 4.97. The van der Waals surface area contributed by atoms with E-state index in [0.29, 0.717) is 11.0 Å². The Hall–Kier alpha value is -1.13. The monoisotopic (exact) mass is 312 g/mol. The number of halogens is 2. The van der Waals surface area contributed by atoms with Crippen molar-refractivity contribution in [3.05, 3.63) is 45.0 Å². The van der Waals surface area contributed by atoms with Crippen molar-refractivity contribution in [2.75, 3.05) is 0 Å². The highest BCUT2D eigenvalue weighted by molar-refractivity contribution is 9.10. The van der Waals surface area contributed by atoms with Crippen molar-refractivity contribution in [3.63, 3.8) is 0 Å². The maximum Gasteiger partial charge on any atom is 0.238 e. The molecule has 0 aliphatic carbocycles. The van der Waals surface area contributed by atoms with Crippen LogP contribution in [0.15, 0.2) is 28.7 Å². The number of aryl methyl sites for hydroxylation is 2. The molecule has 0 unspecified atom stereocenters. The lowest BCUT2D eigenvalue weighted by molar-refractivity contribution is 0.448. The zero-order valence-corrected chi connectivity index (χ0v) is 11.7. The van der Waals surface area contributed by atoms with Gasteiger partial charge >= 0.3 is 0 Å². The van der Waals surface area contributed by atoms with Crippen LogP contribution in [0.4, 0.5) is 0 Å². The molecule has 0 aliphatic rings. The van der Waals surface area contributed by atoms with E-state index in [9.17, 15) is 0 Å². The van der Waals surface area contributed by atoms with Gasteiger partial charge in [0.15, 0.2) is 5.15 Å². The predicted octanol–water partition coefficient (Wildman–Crippen LogP) is 4.30. The smallest absolute Gasteiger partial charge is 0.238 e. The Labute approximate surface area is 113 Å². The molecule has 5 heteroatoms. The first-order valence-electron chi connectivity index (χ1n) is 5.00. The summed E-state index contributed by atoms with van der Waals surface area (Å²) in [6.45, 7) is 3.97. The molecular formula is C12H10BrClN2O. The normalized spacial score (nSPS) is 10.4. The van der Waals surface area contributed by atoms with Crippen LogP contribution in [0.2, 0.25) is 5.15 Å². The van der Waals surface area contributed by atoms with Gasteiger partial charge in [-0.2, -0.15) is 0 Å². The largest absolute Gasteiger partial charge is 0.437 e. The minimum atomic E-state index is 0.349. The fourth-order valence-corrected chi connectivity index (χ4v) is 2.31. The van der Waals surface area contributed by atoms with E-state index in [-0.39, 0.29) is 0 Å². The molecule has 0 amide bonds. The molecule has 0 fully saturated rings. The van der Waals surface area contributed by atoms with E-state index >= 15 is 0 Å². The maximum absolute atomic E-state index is 5.70. The molecule has 88 valence electrons. The Morgan fingerprint density at radius 2 is 1.76 bits per heavy atom. The number of benzene rings is 1. The second-order valence-electron chi connectivity index (χ2n) is 3.67. The Morgan fingerprint density at radius 3 is 2.29 bits per heavy atom. The average Bonchev–Trinajstić information content (AvgIpc) is 2.26. The molecule has 0 saturated carbocycles. The Balaban J connectivity index is 2.33. The molecule has 2 rings (SSSR count). The van der Waals surface area contributed by atoms with Crippen molar-refractivity contribution in [1.82, 2.24) is 10.2 Å². The quantitative estimate of drug-likeness (QED) is 0.829. The molecule has 0 saturated heterocycles. The molecule has 17 heavy (non-hydrogen) atoms. The summed E-state index contributed by atoms with van der Waals surface area (Å²) in [6, 6.07) is 7.32. The van der Waals surface area contributed by atoms with E-state index in [1.165, 1.54) is 0 Å². The Bertz CT molecular complexity index is 520. The van der Waals surface area contributed by atoms with Crippen LogP contribution in [-0.2, 0) is 0 Å². The first-order valence-corrected chi connectivity index (χ1v) is 6.17. The summed E-state index contributed by atoms with van der Waals surface area (Å²) in [7, 11) is 0. The molecule has 1 aromatic carbocycles. The van der Waals surface area contributed by atoms with Crippen molar-refractivity contribution in [2.24, 2.45) is 0 Å². The average molecular weight is 314 g/mol. The third-order valence-corrected chi connectivity index (χ3v) is 2.90. The maximum atomic E-state index is 5.70. The molecule has 0 atom stereocenters. The van der Waals surface area contributed by atoms with Crippen LogP contribution >= 0.6 is 27.5 Å². The molecular weight excluding hydrogens is 304 g/mol. The van der Waals surface area contributed by atoms with Crippen molar-refractivity contribution in [2.45, 2.75) is 13.8 Å². The second kappa shape index (κ2) is 5.02. The number of hydrogen-bond donors (Lipinski definition) is 0. The van der Waals surface area contributed by atoms with E-state index in [1.54, 1.807) is 12.1 Å². The van der Waals surface area contributed by atoms with E-state index < -0.39 is 0 Å². The molecule has 0 radical (unpaired) electrons. The van der Waals surface area contributed by atoms with E-state index in [1.807, 2.05) is 26.0 Å². The van der Waals surface area contributed by atoms with Crippen molar-refractivity contribution < 1.29 is 4.74 Å². The molecule has 1 heterocycles. The van der Waals surface area contributed by atoms with Gasteiger partial charge in [-0.25, -0.2) is 0 Å². The van der Waals surface area contributed by atoms with Gasteiger partial charge in [0.05, 0.1) is 0 Å². The van der Waals surface area contributed by atoms with Crippen LogP contribution in [0, 0.1) is 13.8 Å². The third kappa shape index (κ3) is 2.96. The van der Waals surface area contributed by atoms with Gasteiger partial charge in [-0.05, 0) is 43.2 Å². The lowest BCUT2D eigenvalue weighted by atomic mass is 10.1. The molecule has 0 aliphatic heterocycles. The SMILES string of the molecule is Cc1cc(Br)cc(C)c1Oc1ccc(Cl)nn1. The molecule has 0 spiro atoms. The third-order valence-electron chi connectivity index (χ3n) is 2.24. The molecule has 0 bridgehead atoms. The first-order chi connectivity index (χ1) is 8.06. The summed E-state index contributed by atoms with van der Waals surface area (Å²) in [4.78, 5) is 0. The number of aromatic nitrogens is 2. The zero-order valence-electron chi connectivity index (χ0n) is 9.37. The van der Waals surface area contributed by atoms with Crippen LogP contribution in [0.3, 0.4) is 0 Å². The highest BCUT2D eigenvalue weighted by Gasteiger charge is 2.07. The summed E-state index contributed by atoms with van der Waals surface area (Å²) in [5, 5.41) is 7.94. The molecule has 1 aromatic heterocycles. The van der Waals surface area contributed by atoms with Gasteiger partial charge in [-0.3, -0.25) is 0 Å². The van der Waals surface area contributed by atoms with E-state index in [0.717, 1.165) is 21.3 Å². The highest BCUT2D eigenvalue weighted by atomic mass is 79.9. The summed E-state index contributed by atoms with van der Waals surface area (Å²) < 4.78 is 6.73. The van der Waals surface area contributed by atoms with Gasteiger partial charge in [-0.15, -0.1) is 10.2 Å². The van der Waals surface area contributed by atoms with Crippen molar-refractivity contribution in [3.8, 4) is 11.6 Å². The molecule has 3 nitrogen and oxygen atoms in total. The fraction of sp³-hybridized carbons (Fsp3) is 0.167. The van der Waals surface area contributed by atoms with Gasteiger partial charge in [0.2, 0.25) is 5.88 Å².